The number of carbonyl (C=O) groups excluding carboxylic acids is 1. The fourth-order valence-corrected chi connectivity index (χ4v) is 3.25. The summed E-state index contributed by atoms with van der Waals surface area (Å²) in [5, 5.41) is 6.41. The lowest BCUT2D eigenvalue weighted by Gasteiger charge is -2.17. The lowest BCUT2D eigenvalue weighted by molar-refractivity contribution is -0.137. The maximum atomic E-state index is 13.5. The summed E-state index contributed by atoms with van der Waals surface area (Å²) < 4.78 is 47.2. The van der Waals surface area contributed by atoms with Crippen LogP contribution in [0.25, 0.3) is 5.69 Å². The Bertz CT molecular complexity index is 1420. The third kappa shape index (κ3) is 5.35. The summed E-state index contributed by atoms with van der Waals surface area (Å²) in [5.41, 5.74) is -1.67. The first kappa shape index (κ1) is 23.6. The van der Waals surface area contributed by atoms with E-state index in [1.54, 1.807) is 36.7 Å². The Morgan fingerprint density at radius 1 is 1.06 bits per heavy atom. The van der Waals surface area contributed by atoms with E-state index in [4.69, 9.17) is 4.74 Å². The van der Waals surface area contributed by atoms with Crippen LogP contribution in [0.3, 0.4) is 0 Å². The summed E-state index contributed by atoms with van der Waals surface area (Å²) in [5.74, 6) is -0.691. The molecule has 4 aromatic rings. The van der Waals surface area contributed by atoms with Crippen molar-refractivity contribution in [1.29, 1.82) is 0 Å². The van der Waals surface area contributed by atoms with Crippen molar-refractivity contribution in [2.45, 2.75) is 19.7 Å². The first-order chi connectivity index (χ1) is 16.7. The van der Waals surface area contributed by atoms with Crippen LogP contribution in [0.2, 0.25) is 0 Å². The zero-order valence-corrected chi connectivity index (χ0v) is 18.3. The molecule has 0 aliphatic rings. The molecule has 0 atom stereocenters. The second-order valence-electron chi connectivity index (χ2n) is 7.37. The van der Waals surface area contributed by atoms with E-state index in [1.165, 1.54) is 31.3 Å². The number of alkyl halides is 3. The lowest BCUT2D eigenvalue weighted by atomic mass is 10.1. The minimum Gasteiger partial charge on any atom is -0.485 e. The molecule has 0 radical (unpaired) electrons. The molecular formula is C24H18F3N5O3. The smallest absolute Gasteiger partial charge is 0.418 e. The van der Waals surface area contributed by atoms with Crippen LogP contribution in [0, 0.1) is 6.92 Å². The van der Waals surface area contributed by atoms with E-state index in [-0.39, 0.29) is 29.6 Å². The molecule has 11 heteroatoms. The molecule has 3 aromatic heterocycles. The van der Waals surface area contributed by atoms with E-state index in [0.29, 0.717) is 0 Å². The van der Waals surface area contributed by atoms with Gasteiger partial charge in [0.15, 0.2) is 17.3 Å². The number of aromatic nitrogens is 4. The molecule has 0 unspecified atom stereocenters. The van der Waals surface area contributed by atoms with Crippen LogP contribution in [0.4, 0.5) is 19.0 Å². The van der Waals surface area contributed by atoms with Gasteiger partial charge < -0.3 is 10.1 Å². The van der Waals surface area contributed by atoms with E-state index in [1.807, 2.05) is 0 Å². The van der Waals surface area contributed by atoms with Gasteiger partial charge >= 0.3 is 6.18 Å². The topological polar surface area (TPSA) is 99.0 Å². The van der Waals surface area contributed by atoms with E-state index in [9.17, 15) is 22.8 Å². The Hall–Kier alpha value is -4.54. The monoisotopic (exact) mass is 481 g/mol. The molecule has 8 nitrogen and oxygen atoms in total. The quantitative estimate of drug-likeness (QED) is 0.444. The van der Waals surface area contributed by atoms with Gasteiger partial charge in [0, 0.05) is 30.4 Å². The third-order valence-corrected chi connectivity index (χ3v) is 4.91. The number of hydrogen-bond acceptors (Lipinski definition) is 6. The number of hydrogen-bond donors (Lipinski definition) is 1. The van der Waals surface area contributed by atoms with Gasteiger partial charge in [0.25, 0.3) is 5.91 Å². The van der Waals surface area contributed by atoms with Gasteiger partial charge in [-0.2, -0.15) is 18.3 Å². The van der Waals surface area contributed by atoms with Crippen LogP contribution in [-0.2, 0) is 12.8 Å². The highest BCUT2D eigenvalue weighted by Crippen LogP contribution is 2.33. The zero-order chi connectivity index (χ0) is 25.0. The fraction of sp³-hybridized carbons (Fsp3) is 0.125. The number of nitrogens with zero attached hydrogens (tertiary/aromatic N) is 4. The minimum atomic E-state index is -4.66. The van der Waals surface area contributed by atoms with E-state index in [2.05, 4.69) is 20.4 Å². The number of anilines is 1. The molecule has 0 bridgehead atoms. The van der Waals surface area contributed by atoms with Crippen molar-refractivity contribution in [2.24, 2.45) is 0 Å². The van der Waals surface area contributed by atoms with E-state index < -0.39 is 28.8 Å². The Morgan fingerprint density at radius 3 is 2.54 bits per heavy atom. The maximum absolute atomic E-state index is 13.5. The van der Waals surface area contributed by atoms with Crippen molar-refractivity contribution in [3.63, 3.8) is 0 Å². The number of rotatable bonds is 6. The molecule has 0 aliphatic heterocycles. The first-order valence-corrected chi connectivity index (χ1v) is 10.3. The van der Waals surface area contributed by atoms with Crippen molar-refractivity contribution < 1.29 is 22.7 Å². The SMILES string of the molecule is Cc1cc(=O)c(C(=O)Nc2ncccc2OCc2ccncc2)nn1-c1ccccc1C(F)(F)F. The fourth-order valence-electron chi connectivity index (χ4n) is 3.25. The standard InChI is InChI=1S/C24H18F3N5O3/c1-15-13-19(33)21(31-32(15)18-6-3-2-5-17(18)24(25,26)27)23(34)30-22-20(7-4-10-29-22)35-14-16-8-11-28-12-9-16/h2-13H,14H2,1H3,(H,29,30,34). The normalized spacial score (nSPS) is 11.2. The van der Waals surface area contributed by atoms with Crippen molar-refractivity contribution in [2.75, 3.05) is 5.32 Å². The minimum absolute atomic E-state index is 0.0237. The number of halogens is 3. The summed E-state index contributed by atoms with van der Waals surface area (Å²) in [6.45, 7) is 1.59. The predicted octanol–water partition coefficient (Wildman–Crippen LogP) is 4.18. The molecule has 0 saturated carbocycles. The molecule has 0 fully saturated rings. The molecule has 178 valence electrons. The number of ether oxygens (including phenoxy) is 1. The Kier molecular flexibility index (Phi) is 6.58. The molecule has 35 heavy (non-hydrogen) atoms. The Morgan fingerprint density at radius 2 is 1.80 bits per heavy atom. The van der Waals surface area contributed by atoms with E-state index in [0.717, 1.165) is 22.4 Å². The van der Waals surface area contributed by atoms with E-state index >= 15 is 0 Å². The molecular weight excluding hydrogens is 463 g/mol. The van der Waals surface area contributed by atoms with Gasteiger partial charge in [-0.25, -0.2) is 9.67 Å². The average Bonchev–Trinajstić information content (AvgIpc) is 2.83. The molecule has 1 aromatic carbocycles. The van der Waals surface area contributed by atoms with Crippen LogP contribution < -0.4 is 15.5 Å². The van der Waals surface area contributed by atoms with Crippen LogP contribution in [0.15, 0.2) is 78.0 Å². The average molecular weight is 481 g/mol. The van der Waals surface area contributed by atoms with Gasteiger partial charge in [-0.1, -0.05) is 12.1 Å². The highest BCUT2D eigenvalue weighted by Gasteiger charge is 2.34. The van der Waals surface area contributed by atoms with Gasteiger partial charge in [0.1, 0.15) is 6.61 Å². The number of pyridine rings is 2. The molecule has 0 saturated heterocycles. The summed E-state index contributed by atoms with van der Waals surface area (Å²) in [4.78, 5) is 33.4. The predicted molar refractivity (Wildman–Crippen MR) is 120 cm³/mol. The highest BCUT2D eigenvalue weighted by molar-refractivity contribution is 6.02. The molecule has 0 aliphatic carbocycles. The number of para-hydroxylation sites is 1. The molecule has 1 N–H and O–H groups in total. The van der Waals surface area contributed by atoms with Crippen LogP contribution in [0.5, 0.6) is 5.75 Å². The Balaban J connectivity index is 1.64. The van der Waals surface area contributed by atoms with Crippen LogP contribution >= 0.6 is 0 Å². The number of aryl methyl sites for hydroxylation is 1. The molecule has 4 rings (SSSR count). The Labute approximate surface area is 197 Å². The maximum Gasteiger partial charge on any atom is 0.418 e. The largest absolute Gasteiger partial charge is 0.485 e. The number of carbonyl (C=O) groups is 1. The van der Waals surface area contributed by atoms with Crippen LogP contribution in [-0.4, -0.2) is 25.7 Å². The number of amides is 1. The number of nitrogens with one attached hydrogen (secondary N) is 1. The first-order valence-electron chi connectivity index (χ1n) is 10.3. The molecule has 1 amide bonds. The van der Waals surface area contributed by atoms with Crippen molar-refractivity contribution in [1.82, 2.24) is 19.7 Å². The van der Waals surface area contributed by atoms with Gasteiger partial charge in [0.05, 0.1) is 11.3 Å². The summed E-state index contributed by atoms with van der Waals surface area (Å²) in [6, 6.07) is 12.5. The lowest BCUT2D eigenvalue weighted by Crippen LogP contribution is -2.28. The second-order valence-corrected chi connectivity index (χ2v) is 7.37. The van der Waals surface area contributed by atoms with Gasteiger partial charge in [-0.3, -0.25) is 14.6 Å². The third-order valence-electron chi connectivity index (χ3n) is 4.91. The highest BCUT2D eigenvalue weighted by atomic mass is 19.4. The summed E-state index contributed by atoms with van der Waals surface area (Å²) >= 11 is 0. The van der Waals surface area contributed by atoms with Gasteiger partial charge in [-0.05, 0) is 48.9 Å². The molecule has 0 spiro atoms. The van der Waals surface area contributed by atoms with Gasteiger partial charge in [-0.15, -0.1) is 0 Å². The van der Waals surface area contributed by atoms with Crippen molar-refractivity contribution in [3.8, 4) is 11.4 Å². The van der Waals surface area contributed by atoms with Crippen LogP contribution in [0.1, 0.15) is 27.3 Å². The molecule has 3 heterocycles. The van der Waals surface area contributed by atoms with Crippen molar-refractivity contribution >= 4 is 11.7 Å². The number of benzene rings is 1. The summed E-state index contributed by atoms with van der Waals surface area (Å²) in [6.07, 6.45) is -0.0358. The second kappa shape index (κ2) is 9.75. The van der Waals surface area contributed by atoms with Crippen molar-refractivity contribution in [3.05, 3.63) is 106 Å². The zero-order valence-electron chi connectivity index (χ0n) is 18.3. The summed E-state index contributed by atoms with van der Waals surface area (Å²) in [7, 11) is 0. The van der Waals surface area contributed by atoms with Gasteiger partial charge in [0.2, 0.25) is 5.43 Å².